The molecule has 1 amide bonds. The van der Waals surface area contributed by atoms with Crippen LogP contribution in [0.1, 0.15) is 48.8 Å². The SMILES string of the molecule is Cc1cccc(C(=O)NC2(C(N)=S)CCC(C)CC2)n1. The molecule has 3 N–H and O–H groups in total. The van der Waals surface area contributed by atoms with Crippen LogP contribution < -0.4 is 11.1 Å². The lowest BCUT2D eigenvalue weighted by Crippen LogP contribution is -2.58. The summed E-state index contributed by atoms with van der Waals surface area (Å²) in [5.74, 6) is 0.461. The number of pyridine rings is 1. The van der Waals surface area contributed by atoms with Crippen molar-refractivity contribution in [3.63, 3.8) is 0 Å². The Bertz CT molecular complexity index is 522. The molecule has 5 heteroatoms. The number of rotatable bonds is 3. The van der Waals surface area contributed by atoms with Crippen LogP contribution >= 0.6 is 12.2 Å². The number of hydrogen-bond donors (Lipinski definition) is 2. The first-order valence-corrected chi connectivity index (χ1v) is 7.40. The fourth-order valence-electron chi connectivity index (χ4n) is 2.64. The summed E-state index contributed by atoms with van der Waals surface area (Å²) in [6, 6.07) is 5.40. The summed E-state index contributed by atoms with van der Waals surface area (Å²) < 4.78 is 0. The van der Waals surface area contributed by atoms with E-state index in [4.69, 9.17) is 18.0 Å². The Morgan fingerprint density at radius 1 is 1.45 bits per heavy atom. The number of carbonyl (C=O) groups excluding carboxylic acids is 1. The Morgan fingerprint density at radius 2 is 2.10 bits per heavy atom. The predicted molar refractivity (Wildman–Crippen MR) is 83.6 cm³/mol. The van der Waals surface area contributed by atoms with E-state index in [1.54, 1.807) is 6.07 Å². The number of hydrogen-bond acceptors (Lipinski definition) is 3. The summed E-state index contributed by atoms with van der Waals surface area (Å²) in [6.45, 7) is 4.08. The molecule has 0 aromatic carbocycles. The molecule has 1 aliphatic carbocycles. The molecule has 20 heavy (non-hydrogen) atoms. The zero-order valence-electron chi connectivity index (χ0n) is 12.0. The van der Waals surface area contributed by atoms with E-state index >= 15 is 0 Å². The first-order chi connectivity index (χ1) is 9.43. The molecular weight excluding hydrogens is 270 g/mol. The number of nitrogens with one attached hydrogen (secondary N) is 1. The van der Waals surface area contributed by atoms with E-state index in [-0.39, 0.29) is 5.91 Å². The minimum atomic E-state index is -0.551. The van der Waals surface area contributed by atoms with Crippen molar-refractivity contribution < 1.29 is 4.79 Å². The van der Waals surface area contributed by atoms with Gasteiger partial charge in [0.1, 0.15) is 5.69 Å². The summed E-state index contributed by atoms with van der Waals surface area (Å²) in [5.41, 5.74) is 6.58. The van der Waals surface area contributed by atoms with Gasteiger partial charge < -0.3 is 11.1 Å². The molecule has 0 unspecified atom stereocenters. The van der Waals surface area contributed by atoms with Crippen LogP contribution in [0.25, 0.3) is 0 Å². The molecule has 1 aromatic rings. The van der Waals surface area contributed by atoms with Gasteiger partial charge in [0.2, 0.25) is 0 Å². The van der Waals surface area contributed by atoms with E-state index in [1.807, 2.05) is 19.1 Å². The van der Waals surface area contributed by atoms with E-state index in [0.29, 0.717) is 16.6 Å². The fourth-order valence-corrected chi connectivity index (χ4v) is 2.89. The van der Waals surface area contributed by atoms with Crippen molar-refractivity contribution in [2.24, 2.45) is 11.7 Å². The highest BCUT2D eigenvalue weighted by molar-refractivity contribution is 7.80. The molecule has 0 radical (unpaired) electrons. The number of amides is 1. The van der Waals surface area contributed by atoms with E-state index in [0.717, 1.165) is 31.4 Å². The van der Waals surface area contributed by atoms with Crippen molar-refractivity contribution in [1.82, 2.24) is 10.3 Å². The summed E-state index contributed by atoms with van der Waals surface area (Å²) in [7, 11) is 0. The third-order valence-corrected chi connectivity index (χ3v) is 4.46. The van der Waals surface area contributed by atoms with Gasteiger partial charge in [0.25, 0.3) is 5.91 Å². The number of aromatic nitrogens is 1. The molecular formula is C15H21N3OS. The Morgan fingerprint density at radius 3 is 2.65 bits per heavy atom. The largest absolute Gasteiger partial charge is 0.391 e. The molecule has 0 aliphatic heterocycles. The minimum absolute atomic E-state index is 0.198. The molecule has 0 saturated heterocycles. The second-order valence-corrected chi connectivity index (χ2v) is 6.19. The number of nitrogens with zero attached hydrogens (tertiary/aromatic N) is 1. The molecule has 0 bridgehead atoms. The van der Waals surface area contributed by atoms with Crippen LogP contribution in [0.5, 0.6) is 0 Å². The van der Waals surface area contributed by atoms with Gasteiger partial charge in [-0.1, -0.05) is 25.2 Å². The Hall–Kier alpha value is -1.49. The maximum Gasteiger partial charge on any atom is 0.270 e. The lowest BCUT2D eigenvalue weighted by atomic mass is 9.77. The first kappa shape index (κ1) is 14.9. The second kappa shape index (κ2) is 5.87. The molecule has 108 valence electrons. The monoisotopic (exact) mass is 291 g/mol. The third-order valence-electron chi connectivity index (χ3n) is 4.07. The summed E-state index contributed by atoms with van der Waals surface area (Å²) in [5, 5.41) is 3.03. The highest BCUT2D eigenvalue weighted by Crippen LogP contribution is 2.32. The van der Waals surface area contributed by atoms with Gasteiger partial charge in [-0.3, -0.25) is 4.79 Å². The van der Waals surface area contributed by atoms with Crippen molar-refractivity contribution in [3.05, 3.63) is 29.6 Å². The minimum Gasteiger partial charge on any atom is -0.391 e. The molecule has 1 saturated carbocycles. The zero-order valence-corrected chi connectivity index (χ0v) is 12.8. The summed E-state index contributed by atoms with van der Waals surface area (Å²) in [4.78, 5) is 17.0. The molecule has 0 spiro atoms. The van der Waals surface area contributed by atoms with Crippen LogP contribution in [0.4, 0.5) is 0 Å². The standard InChI is InChI=1S/C15H21N3OS/c1-10-6-8-15(9-7-10,14(16)20)18-13(19)12-5-3-4-11(2)17-12/h3-5,10H,6-9H2,1-2H3,(H2,16,20)(H,18,19). The molecule has 1 fully saturated rings. The lowest BCUT2D eigenvalue weighted by Gasteiger charge is -2.39. The van der Waals surface area contributed by atoms with Gasteiger partial charge in [-0.15, -0.1) is 0 Å². The van der Waals surface area contributed by atoms with Crippen LogP contribution in [0, 0.1) is 12.8 Å². The van der Waals surface area contributed by atoms with Gasteiger partial charge >= 0.3 is 0 Å². The van der Waals surface area contributed by atoms with Gasteiger partial charge in [-0.05, 0) is 50.7 Å². The molecule has 1 heterocycles. The smallest absolute Gasteiger partial charge is 0.270 e. The highest BCUT2D eigenvalue weighted by atomic mass is 32.1. The predicted octanol–water partition coefficient (Wildman–Crippen LogP) is 2.35. The first-order valence-electron chi connectivity index (χ1n) is 6.99. The molecule has 2 rings (SSSR count). The average Bonchev–Trinajstić information content (AvgIpc) is 2.41. The van der Waals surface area contributed by atoms with E-state index in [9.17, 15) is 4.79 Å². The van der Waals surface area contributed by atoms with Crippen molar-refractivity contribution in [2.75, 3.05) is 0 Å². The number of nitrogens with two attached hydrogens (primary N) is 1. The van der Waals surface area contributed by atoms with Crippen LogP contribution in [0.15, 0.2) is 18.2 Å². The summed E-state index contributed by atoms with van der Waals surface area (Å²) >= 11 is 5.20. The lowest BCUT2D eigenvalue weighted by molar-refractivity contribution is 0.0895. The number of aryl methyl sites for hydroxylation is 1. The van der Waals surface area contributed by atoms with Crippen molar-refractivity contribution in [1.29, 1.82) is 0 Å². The zero-order chi connectivity index (χ0) is 14.8. The van der Waals surface area contributed by atoms with Crippen molar-refractivity contribution >= 4 is 23.1 Å². The average molecular weight is 291 g/mol. The van der Waals surface area contributed by atoms with Gasteiger partial charge in [0.15, 0.2) is 0 Å². The maximum absolute atomic E-state index is 12.4. The van der Waals surface area contributed by atoms with Crippen LogP contribution in [-0.2, 0) is 0 Å². The maximum atomic E-state index is 12.4. The Labute approximate surface area is 125 Å². The Kier molecular flexibility index (Phi) is 4.38. The van der Waals surface area contributed by atoms with Gasteiger partial charge in [0, 0.05) is 5.69 Å². The van der Waals surface area contributed by atoms with Gasteiger partial charge in [-0.25, -0.2) is 4.98 Å². The normalized spacial score (nSPS) is 26.0. The highest BCUT2D eigenvalue weighted by Gasteiger charge is 2.38. The fraction of sp³-hybridized carbons (Fsp3) is 0.533. The van der Waals surface area contributed by atoms with E-state index in [1.165, 1.54) is 0 Å². The topological polar surface area (TPSA) is 68.0 Å². The Balaban J connectivity index is 2.17. The van der Waals surface area contributed by atoms with Gasteiger partial charge in [-0.2, -0.15) is 0 Å². The van der Waals surface area contributed by atoms with Crippen LogP contribution in [-0.4, -0.2) is 21.4 Å². The van der Waals surface area contributed by atoms with E-state index < -0.39 is 5.54 Å². The van der Waals surface area contributed by atoms with Crippen LogP contribution in [0.3, 0.4) is 0 Å². The number of thiocarbonyl (C=S) groups is 1. The molecule has 0 atom stereocenters. The molecule has 1 aromatic heterocycles. The molecule has 4 nitrogen and oxygen atoms in total. The van der Waals surface area contributed by atoms with Gasteiger partial charge in [0.05, 0.1) is 10.5 Å². The number of carbonyl (C=O) groups is 1. The quantitative estimate of drug-likeness (QED) is 0.839. The summed E-state index contributed by atoms with van der Waals surface area (Å²) in [6.07, 6.45) is 3.67. The third kappa shape index (κ3) is 3.15. The van der Waals surface area contributed by atoms with Crippen molar-refractivity contribution in [3.8, 4) is 0 Å². The molecule has 1 aliphatic rings. The van der Waals surface area contributed by atoms with Crippen molar-refractivity contribution in [2.45, 2.75) is 45.1 Å². The van der Waals surface area contributed by atoms with Crippen LogP contribution in [0.2, 0.25) is 0 Å². The van der Waals surface area contributed by atoms with E-state index in [2.05, 4.69) is 17.2 Å². The second-order valence-electron chi connectivity index (χ2n) is 5.75.